The van der Waals surface area contributed by atoms with Gasteiger partial charge in [0, 0.05) is 16.5 Å². The zero-order valence-corrected chi connectivity index (χ0v) is 17.6. The molecule has 0 aliphatic heterocycles. The van der Waals surface area contributed by atoms with E-state index in [-0.39, 0.29) is 16.8 Å². The van der Waals surface area contributed by atoms with Crippen LogP contribution in [0.1, 0.15) is 28.1 Å². The van der Waals surface area contributed by atoms with Crippen molar-refractivity contribution < 1.29 is 17.9 Å². The summed E-state index contributed by atoms with van der Waals surface area (Å²) in [5.74, 6) is 0.275. The number of hydrazine groups is 1. The molecule has 7 nitrogen and oxygen atoms in total. The maximum absolute atomic E-state index is 12.4. The molecule has 0 radical (unpaired) electrons. The van der Waals surface area contributed by atoms with E-state index in [9.17, 15) is 13.2 Å². The van der Waals surface area contributed by atoms with Crippen molar-refractivity contribution in [2.75, 3.05) is 5.43 Å². The quantitative estimate of drug-likeness (QED) is 0.440. The molecule has 0 unspecified atom stereocenters. The molecule has 1 saturated carbocycles. The number of hydrogen-bond acceptors (Lipinski definition) is 6. The van der Waals surface area contributed by atoms with Gasteiger partial charge >= 0.3 is 0 Å². The summed E-state index contributed by atoms with van der Waals surface area (Å²) >= 11 is 1.61. The minimum absolute atomic E-state index is 0.0529. The summed E-state index contributed by atoms with van der Waals surface area (Å²) in [4.78, 5) is 13.7. The van der Waals surface area contributed by atoms with Crippen LogP contribution in [0.3, 0.4) is 0 Å². The van der Waals surface area contributed by atoms with Gasteiger partial charge in [-0.2, -0.15) is 0 Å². The lowest BCUT2D eigenvalue weighted by atomic mass is 10.2. The van der Waals surface area contributed by atoms with Gasteiger partial charge in [0.2, 0.25) is 10.0 Å². The average Bonchev–Trinajstić information content (AvgIpc) is 3.39. The minimum atomic E-state index is -3.49. The van der Waals surface area contributed by atoms with Gasteiger partial charge in [-0.05, 0) is 66.8 Å². The third-order valence-electron chi connectivity index (χ3n) is 4.44. The molecule has 0 atom stereocenters. The molecule has 1 aliphatic carbocycles. The Morgan fingerprint density at radius 1 is 1.07 bits per heavy atom. The maximum atomic E-state index is 12.4. The summed E-state index contributed by atoms with van der Waals surface area (Å²) in [5.41, 5.74) is 6.41. The van der Waals surface area contributed by atoms with Crippen LogP contribution in [0.15, 0.2) is 70.9 Å². The van der Waals surface area contributed by atoms with Crippen molar-refractivity contribution in [3.63, 3.8) is 0 Å². The van der Waals surface area contributed by atoms with Crippen molar-refractivity contribution in [2.45, 2.75) is 30.4 Å². The first-order chi connectivity index (χ1) is 14.5. The summed E-state index contributed by atoms with van der Waals surface area (Å²) in [6, 6.07) is 17.1. The van der Waals surface area contributed by atoms with E-state index in [4.69, 9.17) is 4.74 Å². The van der Waals surface area contributed by atoms with Crippen molar-refractivity contribution in [3.05, 3.63) is 76.5 Å². The van der Waals surface area contributed by atoms with E-state index in [1.165, 1.54) is 12.1 Å². The number of sulfonamides is 1. The monoisotopic (exact) mass is 443 g/mol. The topological polar surface area (TPSA) is 96.5 Å². The molecule has 2 aromatic carbocycles. The van der Waals surface area contributed by atoms with E-state index < -0.39 is 10.0 Å². The van der Waals surface area contributed by atoms with Gasteiger partial charge in [0.1, 0.15) is 12.4 Å². The van der Waals surface area contributed by atoms with Crippen molar-refractivity contribution in [3.8, 4) is 5.75 Å². The van der Waals surface area contributed by atoms with Crippen LogP contribution in [-0.4, -0.2) is 20.4 Å². The van der Waals surface area contributed by atoms with E-state index in [1.54, 1.807) is 47.7 Å². The summed E-state index contributed by atoms with van der Waals surface area (Å²) in [7, 11) is -3.49. The predicted molar refractivity (Wildman–Crippen MR) is 116 cm³/mol. The highest BCUT2D eigenvalue weighted by Crippen LogP contribution is 2.23. The molecule has 0 spiro atoms. The van der Waals surface area contributed by atoms with Crippen molar-refractivity contribution in [1.82, 2.24) is 10.1 Å². The summed E-state index contributed by atoms with van der Waals surface area (Å²) in [5, 5.41) is 1.99. The fraction of sp³-hybridized carbons (Fsp3) is 0.190. The second kappa shape index (κ2) is 8.86. The molecule has 0 bridgehead atoms. The van der Waals surface area contributed by atoms with Crippen molar-refractivity contribution in [1.29, 1.82) is 0 Å². The van der Waals surface area contributed by atoms with Gasteiger partial charge in [0.25, 0.3) is 5.91 Å². The third-order valence-corrected chi connectivity index (χ3v) is 6.83. The number of anilines is 1. The number of benzene rings is 2. The van der Waals surface area contributed by atoms with Crippen LogP contribution in [0, 0.1) is 0 Å². The Hall–Kier alpha value is -2.88. The molecule has 9 heteroatoms. The lowest BCUT2D eigenvalue weighted by Gasteiger charge is -2.11. The highest BCUT2D eigenvalue weighted by molar-refractivity contribution is 7.89. The van der Waals surface area contributed by atoms with Crippen LogP contribution in [0.2, 0.25) is 0 Å². The maximum Gasteiger partial charge on any atom is 0.269 e. The molecule has 1 heterocycles. The molecule has 156 valence electrons. The normalized spacial score (nSPS) is 13.6. The predicted octanol–water partition coefficient (Wildman–Crippen LogP) is 3.52. The van der Waals surface area contributed by atoms with Crippen LogP contribution in [0.5, 0.6) is 5.75 Å². The van der Waals surface area contributed by atoms with E-state index in [2.05, 4.69) is 15.6 Å². The minimum Gasteiger partial charge on any atom is -0.488 e. The second-order valence-corrected chi connectivity index (χ2v) is 9.64. The van der Waals surface area contributed by atoms with E-state index in [0.717, 1.165) is 17.7 Å². The summed E-state index contributed by atoms with van der Waals surface area (Å²) < 4.78 is 32.7. The molecular weight excluding hydrogens is 422 g/mol. The number of rotatable bonds is 9. The van der Waals surface area contributed by atoms with Gasteiger partial charge in [-0.15, -0.1) is 11.3 Å². The van der Waals surface area contributed by atoms with Crippen LogP contribution >= 0.6 is 11.3 Å². The lowest BCUT2D eigenvalue weighted by Crippen LogP contribution is -2.29. The smallest absolute Gasteiger partial charge is 0.269 e. The molecule has 30 heavy (non-hydrogen) atoms. The first-order valence-electron chi connectivity index (χ1n) is 9.44. The number of carbonyl (C=O) groups excluding carboxylic acids is 1. The Labute approximate surface area is 179 Å². The fourth-order valence-electron chi connectivity index (χ4n) is 2.68. The Bertz CT molecular complexity index is 1110. The van der Waals surface area contributed by atoms with Gasteiger partial charge in [0.15, 0.2) is 0 Å². The molecule has 1 aliphatic rings. The van der Waals surface area contributed by atoms with Crippen molar-refractivity contribution in [2.24, 2.45) is 0 Å². The molecule has 3 aromatic rings. The van der Waals surface area contributed by atoms with Crippen LogP contribution in [0.25, 0.3) is 0 Å². The Morgan fingerprint density at radius 3 is 2.57 bits per heavy atom. The molecule has 0 saturated heterocycles. The van der Waals surface area contributed by atoms with Crippen LogP contribution < -0.4 is 20.3 Å². The number of ether oxygens (including phenoxy) is 1. The Kier molecular flexibility index (Phi) is 6.03. The van der Waals surface area contributed by atoms with Crippen LogP contribution in [0.4, 0.5) is 5.69 Å². The van der Waals surface area contributed by atoms with Crippen molar-refractivity contribution >= 4 is 33.0 Å². The highest BCUT2D eigenvalue weighted by Gasteiger charge is 2.27. The number of amides is 1. The Morgan fingerprint density at radius 2 is 1.87 bits per heavy atom. The van der Waals surface area contributed by atoms with E-state index in [1.807, 2.05) is 17.5 Å². The number of thiophene rings is 1. The van der Waals surface area contributed by atoms with Gasteiger partial charge in [-0.25, -0.2) is 13.1 Å². The number of hydrogen-bond donors (Lipinski definition) is 3. The molecule has 4 rings (SSSR count). The summed E-state index contributed by atoms with van der Waals surface area (Å²) in [6.45, 7) is 0.450. The molecule has 1 aromatic heterocycles. The van der Waals surface area contributed by atoms with E-state index >= 15 is 0 Å². The first kappa shape index (κ1) is 20.4. The highest BCUT2D eigenvalue weighted by atomic mass is 32.2. The second-order valence-electron chi connectivity index (χ2n) is 6.89. The van der Waals surface area contributed by atoms with E-state index in [0.29, 0.717) is 23.6 Å². The fourth-order valence-corrected chi connectivity index (χ4v) is 4.60. The number of carbonyl (C=O) groups is 1. The zero-order valence-electron chi connectivity index (χ0n) is 16.0. The molecular formula is C21H21N3O4S2. The van der Waals surface area contributed by atoms with Gasteiger partial charge in [-0.1, -0.05) is 12.1 Å². The summed E-state index contributed by atoms with van der Waals surface area (Å²) in [6.07, 6.45) is 1.76. The van der Waals surface area contributed by atoms with Gasteiger partial charge < -0.3 is 4.74 Å². The van der Waals surface area contributed by atoms with Gasteiger partial charge in [-0.3, -0.25) is 15.6 Å². The standard InChI is InChI=1S/C21H21N3O4S2/c25-21(15-3-1-4-18(13-15)28-14-19-5-2-12-29-19)23-22-16-8-10-20(11-9-16)30(26,27)24-17-6-7-17/h1-5,8-13,17,22,24H,6-7,14H2,(H,23,25). The lowest BCUT2D eigenvalue weighted by molar-refractivity contribution is 0.0962. The zero-order chi connectivity index (χ0) is 21.0. The average molecular weight is 444 g/mol. The third kappa shape index (κ3) is 5.38. The molecule has 1 fully saturated rings. The molecule has 1 amide bonds. The SMILES string of the molecule is O=C(NNc1ccc(S(=O)(=O)NC2CC2)cc1)c1cccc(OCc2cccs2)c1. The first-order valence-corrected chi connectivity index (χ1v) is 11.8. The molecule has 3 N–H and O–H groups in total. The van der Waals surface area contributed by atoms with Gasteiger partial charge in [0.05, 0.1) is 10.6 Å². The Balaban J connectivity index is 1.32. The van der Waals surface area contributed by atoms with Crippen LogP contribution in [-0.2, 0) is 16.6 Å². The number of nitrogens with one attached hydrogen (secondary N) is 3. The largest absolute Gasteiger partial charge is 0.488 e.